The zero-order valence-electron chi connectivity index (χ0n) is 8.60. The number of halogens is 1. The Morgan fingerprint density at radius 1 is 1.12 bits per heavy atom. The summed E-state index contributed by atoms with van der Waals surface area (Å²) in [5.74, 6) is 0. The van der Waals surface area contributed by atoms with Gasteiger partial charge in [0.05, 0.1) is 0 Å². The average Bonchev–Trinajstić information content (AvgIpc) is 2.26. The first-order chi connectivity index (χ1) is 7.25. The van der Waals surface area contributed by atoms with Gasteiger partial charge < -0.3 is 5.32 Å². The normalized spacial score (nSPS) is 9.56. The molecule has 0 aliphatic carbocycles. The molecule has 0 saturated carbocycles. The highest BCUT2D eigenvalue weighted by Gasteiger charge is 1.96. The van der Waals surface area contributed by atoms with E-state index in [9.17, 15) is 0 Å². The van der Waals surface area contributed by atoms with E-state index in [4.69, 9.17) is 5.41 Å². The summed E-state index contributed by atoms with van der Waals surface area (Å²) in [5.41, 5.74) is 1.16. The van der Waals surface area contributed by atoms with Gasteiger partial charge in [-0.1, -0.05) is 36.4 Å². The van der Waals surface area contributed by atoms with Gasteiger partial charge >= 0.3 is 0 Å². The molecule has 0 radical (unpaired) electrons. The second kappa shape index (κ2) is 5.92. The summed E-state index contributed by atoms with van der Waals surface area (Å²) in [5, 5.41) is 12.7. The fourth-order valence-corrected chi connectivity index (χ4v) is 1.61. The number of rotatable bonds is 2. The van der Waals surface area contributed by atoms with Gasteiger partial charge in [0.1, 0.15) is 0 Å². The molecule has 0 aliphatic heterocycles. The molecule has 2 rings (SSSR count). The molecule has 0 spiro atoms. The maximum Gasteiger partial charge on any atom is 0.150 e. The van der Waals surface area contributed by atoms with Gasteiger partial charge in [0.2, 0.25) is 0 Å². The van der Waals surface area contributed by atoms with Crippen LogP contribution in [-0.2, 0) is 6.54 Å². The molecule has 0 aromatic heterocycles. The number of nitrogens with one attached hydrogen (secondary N) is 2. The summed E-state index contributed by atoms with van der Waals surface area (Å²) in [7, 11) is 0. The van der Waals surface area contributed by atoms with Gasteiger partial charge in [-0.15, -0.1) is 29.6 Å². The molecular formula is C12H13BrN2S. The summed E-state index contributed by atoms with van der Waals surface area (Å²) in [4.78, 5) is 0. The highest BCUT2D eigenvalue weighted by Crippen LogP contribution is 2.15. The highest BCUT2D eigenvalue weighted by molar-refractivity contribution is 8.93. The van der Waals surface area contributed by atoms with Gasteiger partial charge in [-0.3, -0.25) is 5.41 Å². The van der Waals surface area contributed by atoms with Gasteiger partial charge in [0.15, 0.2) is 5.17 Å². The van der Waals surface area contributed by atoms with E-state index in [-0.39, 0.29) is 22.1 Å². The van der Waals surface area contributed by atoms with Crippen LogP contribution in [0.4, 0.5) is 0 Å². The van der Waals surface area contributed by atoms with Crippen molar-refractivity contribution in [2.45, 2.75) is 6.54 Å². The van der Waals surface area contributed by atoms with E-state index in [2.05, 4.69) is 48.3 Å². The molecule has 84 valence electrons. The number of benzene rings is 2. The summed E-state index contributed by atoms with van der Waals surface area (Å²) in [6, 6.07) is 14.5. The first-order valence-electron chi connectivity index (χ1n) is 4.75. The number of fused-ring (bicyclic) bond motifs is 1. The molecule has 2 nitrogen and oxygen atoms in total. The largest absolute Gasteiger partial charge is 0.361 e. The Morgan fingerprint density at radius 2 is 1.81 bits per heavy atom. The van der Waals surface area contributed by atoms with Crippen LogP contribution in [0, 0.1) is 5.41 Å². The highest BCUT2D eigenvalue weighted by atomic mass is 79.9. The Labute approximate surface area is 111 Å². The third-order valence-corrected chi connectivity index (χ3v) is 2.43. The van der Waals surface area contributed by atoms with Crippen LogP contribution in [0.1, 0.15) is 5.56 Å². The standard InChI is InChI=1S/C12H12N2S.BrH/c13-12(15)14-8-9-5-6-10-3-1-2-4-11(10)7-9;/h1-7H,8H2,(H3,13,14,15);1H. The maximum absolute atomic E-state index is 7.16. The van der Waals surface area contributed by atoms with E-state index in [1.807, 2.05) is 12.1 Å². The molecule has 0 saturated heterocycles. The number of hydrogen-bond acceptors (Lipinski definition) is 1. The zero-order chi connectivity index (χ0) is 10.7. The zero-order valence-corrected chi connectivity index (χ0v) is 11.2. The second-order valence-corrected chi connectivity index (χ2v) is 3.83. The molecule has 0 heterocycles. The Bertz CT molecular complexity index is 499. The van der Waals surface area contributed by atoms with Gasteiger partial charge in [0.25, 0.3) is 0 Å². The van der Waals surface area contributed by atoms with Crippen LogP contribution in [0.2, 0.25) is 0 Å². The van der Waals surface area contributed by atoms with Gasteiger partial charge in [-0.25, -0.2) is 0 Å². The van der Waals surface area contributed by atoms with Crippen molar-refractivity contribution in [2.75, 3.05) is 0 Å². The van der Waals surface area contributed by atoms with Crippen LogP contribution in [0.5, 0.6) is 0 Å². The van der Waals surface area contributed by atoms with E-state index in [0.717, 1.165) is 5.56 Å². The van der Waals surface area contributed by atoms with Crippen molar-refractivity contribution < 1.29 is 0 Å². The molecule has 0 fully saturated rings. The molecule has 2 N–H and O–H groups in total. The minimum absolute atomic E-state index is 0. The molecule has 2 aromatic rings. The number of hydrogen-bond donors (Lipinski definition) is 3. The fraction of sp³-hybridized carbons (Fsp3) is 0.0833. The molecule has 0 aliphatic rings. The summed E-state index contributed by atoms with van der Waals surface area (Å²) >= 11 is 3.87. The Balaban J connectivity index is 0.00000128. The lowest BCUT2D eigenvalue weighted by atomic mass is 10.1. The van der Waals surface area contributed by atoms with Crippen LogP contribution in [0.15, 0.2) is 42.5 Å². The third kappa shape index (κ3) is 3.25. The van der Waals surface area contributed by atoms with Crippen LogP contribution in [0.3, 0.4) is 0 Å². The maximum atomic E-state index is 7.16. The molecule has 16 heavy (non-hydrogen) atoms. The topological polar surface area (TPSA) is 35.9 Å². The monoisotopic (exact) mass is 296 g/mol. The van der Waals surface area contributed by atoms with Gasteiger partial charge in [0, 0.05) is 6.54 Å². The lowest BCUT2D eigenvalue weighted by Crippen LogP contribution is -2.16. The van der Waals surface area contributed by atoms with E-state index in [1.165, 1.54) is 10.8 Å². The van der Waals surface area contributed by atoms with Gasteiger partial charge in [-0.2, -0.15) is 0 Å². The van der Waals surface area contributed by atoms with E-state index in [0.29, 0.717) is 6.54 Å². The lowest BCUT2D eigenvalue weighted by molar-refractivity contribution is 0.925. The van der Waals surface area contributed by atoms with Crippen molar-refractivity contribution in [3.63, 3.8) is 0 Å². The van der Waals surface area contributed by atoms with E-state index >= 15 is 0 Å². The SMILES string of the molecule is Br.N=C(S)NCc1ccc2ccccc2c1. The molecule has 0 atom stereocenters. The second-order valence-electron chi connectivity index (χ2n) is 3.38. The first-order valence-corrected chi connectivity index (χ1v) is 5.19. The summed E-state index contributed by atoms with van der Waals surface area (Å²) in [6.45, 7) is 0.646. The Kier molecular flexibility index (Phi) is 4.83. The molecule has 2 aromatic carbocycles. The van der Waals surface area contributed by atoms with Crippen molar-refractivity contribution in [3.05, 3.63) is 48.0 Å². The first kappa shape index (κ1) is 13.1. The molecule has 0 bridgehead atoms. The van der Waals surface area contributed by atoms with Crippen molar-refractivity contribution in [3.8, 4) is 0 Å². The van der Waals surface area contributed by atoms with Crippen molar-refractivity contribution in [1.82, 2.24) is 5.32 Å². The predicted molar refractivity (Wildman–Crippen MR) is 77.8 cm³/mol. The summed E-state index contributed by atoms with van der Waals surface area (Å²) < 4.78 is 0. The van der Waals surface area contributed by atoms with Crippen LogP contribution < -0.4 is 5.32 Å². The molecule has 0 amide bonds. The third-order valence-electron chi connectivity index (χ3n) is 2.27. The predicted octanol–water partition coefficient (Wildman–Crippen LogP) is 3.37. The van der Waals surface area contributed by atoms with Gasteiger partial charge in [-0.05, 0) is 22.4 Å². The average molecular weight is 297 g/mol. The van der Waals surface area contributed by atoms with E-state index < -0.39 is 0 Å². The van der Waals surface area contributed by atoms with Crippen molar-refractivity contribution in [1.29, 1.82) is 5.41 Å². The van der Waals surface area contributed by atoms with Crippen LogP contribution in [-0.4, -0.2) is 5.17 Å². The fourth-order valence-electron chi connectivity index (χ4n) is 1.53. The molecule has 0 unspecified atom stereocenters. The number of thiol groups is 1. The molecular weight excluding hydrogens is 284 g/mol. The van der Waals surface area contributed by atoms with Crippen LogP contribution in [0.25, 0.3) is 10.8 Å². The van der Waals surface area contributed by atoms with Crippen LogP contribution >= 0.6 is 29.6 Å². The lowest BCUT2D eigenvalue weighted by Gasteiger charge is -2.05. The Hall–Kier alpha value is -1.00. The van der Waals surface area contributed by atoms with Crippen molar-refractivity contribution >= 4 is 45.6 Å². The number of amidine groups is 1. The Morgan fingerprint density at radius 3 is 2.50 bits per heavy atom. The minimum atomic E-state index is 0. The molecule has 4 heteroatoms. The van der Waals surface area contributed by atoms with E-state index in [1.54, 1.807) is 0 Å². The van der Waals surface area contributed by atoms with Crippen molar-refractivity contribution in [2.24, 2.45) is 0 Å². The minimum Gasteiger partial charge on any atom is -0.361 e. The summed E-state index contributed by atoms with van der Waals surface area (Å²) in [6.07, 6.45) is 0. The quantitative estimate of drug-likeness (QED) is 0.443. The smallest absolute Gasteiger partial charge is 0.150 e.